The molecule has 0 aromatic carbocycles. The van der Waals surface area contributed by atoms with Gasteiger partial charge in [0, 0.05) is 30.6 Å². The molecule has 2 saturated heterocycles. The van der Waals surface area contributed by atoms with E-state index in [-0.39, 0.29) is 51.8 Å². The van der Waals surface area contributed by atoms with Crippen LogP contribution in [0.3, 0.4) is 0 Å². The second kappa shape index (κ2) is 15.7. The second-order valence-electron chi connectivity index (χ2n) is 20.1. The van der Waals surface area contributed by atoms with Gasteiger partial charge in [0.05, 0.1) is 12.0 Å². The lowest BCUT2D eigenvalue weighted by molar-refractivity contribution is -0.145. The molecule has 0 aromatic heterocycles. The van der Waals surface area contributed by atoms with Crippen molar-refractivity contribution in [3.8, 4) is 0 Å². The molecule has 6 rings (SSSR count). The second-order valence-corrected chi connectivity index (χ2v) is 20.1. The quantitative estimate of drug-likeness (QED) is 0.193. The number of hydrogen-bond acceptors (Lipinski definition) is 7. The van der Waals surface area contributed by atoms with Gasteiger partial charge in [-0.2, -0.15) is 0 Å². The zero-order chi connectivity index (χ0) is 40.1. The molecule has 12 nitrogen and oxygen atoms in total. The molecular formula is C43H70N6O6. The standard InChI is InChI=1S/C43H70N6O6/c1-9-14-30(33(50)38(54)44-29-17-18-29)45-36(52)31-23-43(41(7,8)42(43)20-13-21-42)25-49(31)39(55)34(40(4,5)6)47-37(53)32(27-15-11-10-12-16-27)46-35(51)28-19-22-48(24-28)26(2)3/h26-32,34H,9-25H2,1-8H3,(H,44,54)(H,45,52)(H,46,51)(H,47,53)/t28-,30-,31-,32-,34+,43+/m0/s1. The summed E-state index contributed by atoms with van der Waals surface area (Å²) >= 11 is 0. The van der Waals surface area contributed by atoms with E-state index < -0.39 is 47.2 Å². The molecule has 2 aliphatic heterocycles. The van der Waals surface area contributed by atoms with Crippen LogP contribution >= 0.6 is 0 Å². The molecule has 4 N–H and O–H groups in total. The fourth-order valence-corrected chi connectivity index (χ4v) is 11.2. The Labute approximate surface area is 329 Å². The van der Waals surface area contributed by atoms with Crippen molar-refractivity contribution in [3.05, 3.63) is 0 Å². The molecular weight excluding hydrogens is 697 g/mol. The number of ketones is 1. The summed E-state index contributed by atoms with van der Waals surface area (Å²) in [4.78, 5) is 88.0. The maximum absolute atomic E-state index is 15.1. The van der Waals surface area contributed by atoms with E-state index in [4.69, 9.17) is 0 Å². The molecule has 5 amide bonds. The molecule has 6 aliphatic rings. The van der Waals surface area contributed by atoms with E-state index in [2.05, 4.69) is 53.9 Å². The van der Waals surface area contributed by atoms with Gasteiger partial charge in [-0.3, -0.25) is 28.8 Å². The lowest BCUT2D eigenvalue weighted by atomic mass is 9.73. The number of hydrogen-bond donors (Lipinski definition) is 4. The summed E-state index contributed by atoms with van der Waals surface area (Å²) in [6, 6.07) is -3.21. The Hall–Kier alpha value is -3.02. The molecule has 4 aliphatic carbocycles. The van der Waals surface area contributed by atoms with Crippen LogP contribution in [-0.4, -0.2) is 101 Å². The molecule has 308 valence electrons. The number of rotatable bonds is 14. The van der Waals surface area contributed by atoms with E-state index in [1.165, 1.54) is 0 Å². The van der Waals surface area contributed by atoms with Gasteiger partial charge in [-0.15, -0.1) is 0 Å². The number of carbonyl (C=O) groups excluding carboxylic acids is 6. The third-order valence-corrected chi connectivity index (χ3v) is 15.2. The first-order valence-electron chi connectivity index (χ1n) is 21.7. The zero-order valence-electron chi connectivity index (χ0n) is 35.0. The first-order chi connectivity index (χ1) is 25.9. The maximum Gasteiger partial charge on any atom is 0.289 e. The highest BCUT2D eigenvalue weighted by Crippen LogP contribution is 2.88. The van der Waals surface area contributed by atoms with Gasteiger partial charge in [0.15, 0.2) is 0 Å². The Bertz CT molecular complexity index is 1510. The van der Waals surface area contributed by atoms with Crippen molar-refractivity contribution in [2.75, 3.05) is 19.6 Å². The van der Waals surface area contributed by atoms with Crippen LogP contribution < -0.4 is 21.3 Å². The number of carbonyl (C=O) groups is 6. The molecule has 4 saturated carbocycles. The van der Waals surface area contributed by atoms with Crippen molar-refractivity contribution in [1.29, 1.82) is 0 Å². The first-order valence-corrected chi connectivity index (χ1v) is 21.7. The van der Waals surface area contributed by atoms with Gasteiger partial charge in [-0.1, -0.05) is 73.6 Å². The summed E-state index contributed by atoms with van der Waals surface area (Å²) in [5.41, 5.74) is -1.03. The van der Waals surface area contributed by atoms with Crippen LogP contribution in [0, 0.1) is 33.5 Å². The van der Waals surface area contributed by atoms with Gasteiger partial charge in [0.25, 0.3) is 5.91 Å². The number of amides is 5. The third-order valence-electron chi connectivity index (χ3n) is 15.2. The Morgan fingerprint density at radius 3 is 2.02 bits per heavy atom. The fourth-order valence-electron chi connectivity index (χ4n) is 11.2. The van der Waals surface area contributed by atoms with E-state index in [9.17, 15) is 24.0 Å². The molecule has 2 spiro atoms. The van der Waals surface area contributed by atoms with Gasteiger partial charge in [-0.25, -0.2) is 0 Å². The average molecular weight is 767 g/mol. The Morgan fingerprint density at radius 1 is 0.818 bits per heavy atom. The molecule has 0 radical (unpaired) electrons. The van der Waals surface area contributed by atoms with Gasteiger partial charge >= 0.3 is 0 Å². The summed E-state index contributed by atoms with van der Waals surface area (Å²) in [5, 5.41) is 12.0. The average Bonchev–Trinajstić information content (AvgIpc) is 3.78. The van der Waals surface area contributed by atoms with Gasteiger partial charge in [0.2, 0.25) is 29.4 Å². The number of likely N-dealkylation sites (tertiary alicyclic amines) is 2. The van der Waals surface area contributed by atoms with Crippen molar-refractivity contribution in [3.63, 3.8) is 0 Å². The predicted octanol–water partition coefficient (Wildman–Crippen LogP) is 4.24. The minimum absolute atomic E-state index is 0.0153. The van der Waals surface area contributed by atoms with Crippen LogP contribution in [0.1, 0.15) is 145 Å². The van der Waals surface area contributed by atoms with Crippen LogP contribution in [0.5, 0.6) is 0 Å². The van der Waals surface area contributed by atoms with Crippen molar-refractivity contribution in [2.45, 2.75) is 182 Å². The predicted molar refractivity (Wildman–Crippen MR) is 210 cm³/mol. The van der Waals surface area contributed by atoms with E-state index in [0.29, 0.717) is 38.4 Å². The van der Waals surface area contributed by atoms with E-state index in [1.807, 2.05) is 27.7 Å². The molecule has 2 heterocycles. The van der Waals surface area contributed by atoms with Crippen molar-refractivity contribution < 1.29 is 28.8 Å². The Balaban J connectivity index is 1.24. The van der Waals surface area contributed by atoms with E-state index in [1.54, 1.807) is 4.90 Å². The minimum atomic E-state index is -0.986. The molecule has 0 aromatic rings. The van der Waals surface area contributed by atoms with Crippen LogP contribution in [0.25, 0.3) is 0 Å². The van der Waals surface area contributed by atoms with Crippen LogP contribution in [0.4, 0.5) is 0 Å². The number of fused-ring (bicyclic) bond motifs is 1. The van der Waals surface area contributed by atoms with Gasteiger partial charge < -0.3 is 31.1 Å². The largest absolute Gasteiger partial charge is 0.347 e. The first kappa shape index (κ1) is 41.6. The molecule has 12 heteroatoms. The fraction of sp³-hybridized carbons (Fsp3) is 0.860. The van der Waals surface area contributed by atoms with Gasteiger partial charge in [-0.05, 0) is 100 Å². The minimum Gasteiger partial charge on any atom is -0.347 e. The highest BCUT2D eigenvalue weighted by molar-refractivity contribution is 6.38. The highest BCUT2D eigenvalue weighted by Gasteiger charge is 2.85. The van der Waals surface area contributed by atoms with Crippen LogP contribution in [-0.2, 0) is 28.8 Å². The summed E-state index contributed by atoms with van der Waals surface area (Å²) in [6.45, 7) is 18.4. The third kappa shape index (κ3) is 7.83. The van der Waals surface area contributed by atoms with Crippen molar-refractivity contribution >= 4 is 35.3 Å². The summed E-state index contributed by atoms with van der Waals surface area (Å²) in [6.07, 6.45) is 11.8. The van der Waals surface area contributed by atoms with Crippen molar-refractivity contribution in [1.82, 2.24) is 31.1 Å². The monoisotopic (exact) mass is 767 g/mol. The van der Waals surface area contributed by atoms with Gasteiger partial charge in [0.1, 0.15) is 18.1 Å². The van der Waals surface area contributed by atoms with Crippen molar-refractivity contribution in [2.24, 2.45) is 33.5 Å². The highest BCUT2D eigenvalue weighted by atomic mass is 16.2. The van der Waals surface area contributed by atoms with E-state index in [0.717, 1.165) is 77.2 Å². The van der Waals surface area contributed by atoms with E-state index >= 15 is 4.79 Å². The molecule has 0 bridgehead atoms. The summed E-state index contributed by atoms with van der Waals surface area (Å²) in [5.74, 6) is -2.74. The van der Waals surface area contributed by atoms with Crippen LogP contribution in [0.15, 0.2) is 0 Å². The normalized spacial score (nSPS) is 29.0. The number of Topliss-reactive ketones (excluding diaryl/α,β-unsaturated/α-hetero) is 1. The zero-order valence-corrected chi connectivity index (χ0v) is 35.0. The molecule has 6 atom stereocenters. The topological polar surface area (TPSA) is 157 Å². The molecule has 55 heavy (non-hydrogen) atoms. The maximum atomic E-state index is 15.1. The number of nitrogens with zero attached hydrogens (tertiary/aromatic N) is 2. The summed E-state index contributed by atoms with van der Waals surface area (Å²) < 4.78 is 0. The smallest absolute Gasteiger partial charge is 0.289 e. The molecule has 6 fully saturated rings. The number of nitrogens with one attached hydrogen (secondary N) is 4. The lowest BCUT2D eigenvalue weighted by Gasteiger charge is -2.38. The summed E-state index contributed by atoms with van der Waals surface area (Å²) in [7, 11) is 0. The van der Waals surface area contributed by atoms with Crippen LogP contribution in [0.2, 0.25) is 0 Å². The Morgan fingerprint density at radius 2 is 1.49 bits per heavy atom. The lowest BCUT2D eigenvalue weighted by Crippen LogP contribution is -2.62. The molecule has 0 unspecified atom stereocenters. The Kier molecular flexibility index (Phi) is 11.9. The SMILES string of the molecule is CCC[C@H](NC(=O)[C@@H]1C[C@@]2(CN1C(=O)[C@@H](NC(=O)[C@@H](NC(=O)[C@H]1CCN(C(C)C)C1)C1CCCCC1)C(C)(C)C)C(C)(C)C21CCC1)C(=O)C(=O)NC1CC1.